The largest absolute Gasteiger partial charge is 0.481 e. The normalized spacial score (nSPS) is 25.0. The zero-order valence-corrected chi connectivity index (χ0v) is 10.5. The first-order valence-corrected chi connectivity index (χ1v) is 6.77. The fraction of sp³-hybridized carbons (Fsp3) is 0.533. The summed E-state index contributed by atoms with van der Waals surface area (Å²) in [4.78, 5) is 13.5. The molecule has 1 saturated heterocycles. The van der Waals surface area contributed by atoms with Crippen LogP contribution in [0, 0.1) is 5.92 Å². The molecule has 2 aliphatic rings. The average Bonchev–Trinajstić information content (AvgIpc) is 2.82. The lowest BCUT2D eigenvalue weighted by Gasteiger charge is -2.35. The zero-order chi connectivity index (χ0) is 12.5. The lowest BCUT2D eigenvalue weighted by molar-refractivity contribution is -0.143. The first-order valence-electron chi connectivity index (χ1n) is 6.77. The predicted molar refractivity (Wildman–Crippen MR) is 69.6 cm³/mol. The highest BCUT2D eigenvalue weighted by atomic mass is 16.4. The molecule has 0 amide bonds. The van der Waals surface area contributed by atoms with Gasteiger partial charge in [-0.25, -0.2) is 0 Å². The van der Waals surface area contributed by atoms with Crippen LogP contribution in [0.15, 0.2) is 24.3 Å². The van der Waals surface area contributed by atoms with E-state index in [4.69, 9.17) is 5.11 Å². The van der Waals surface area contributed by atoms with Gasteiger partial charge in [0.1, 0.15) is 0 Å². The number of rotatable bonds is 2. The highest BCUT2D eigenvalue weighted by Gasteiger charge is 2.32. The van der Waals surface area contributed by atoms with Crippen molar-refractivity contribution in [3.63, 3.8) is 0 Å². The van der Waals surface area contributed by atoms with Crippen LogP contribution in [0.3, 0.4) is 0 Å². The SMILES string of the molecule is O=C(O)[C@@H]1CCCN(C2Cc3ccccc3C2)C1. The number of carboxylic acids is 1. The number of carboxylic acid groups (broad SMARTS) is 1. The van der Waals surface area contributed by atoms with Gasteiger partial charge in [0.2, 0.25) is 0 Å². The Morgan fingerprint density at radius 1 is 1.22 bits per heavy atom. The second-order valence-corrected chi connectivity index (χ2v) is 5.50. The summed E-state index contributed by atoms with van der Waals surface area (Å²) in [5, 5.41) is 9.15. The summed E-state index contributed by atoms with van der Waals surface area (Å²) in [5.74, 6) is -0.794. The second kappa shape index (κ2) is 4.73. The summed E-state index contributed by atoms with van der Waals surface area (Å²) in [6.45, 7) is 1.79. The van der Waals surface area contributed by atoms with Crippen LogP contribution in [0.1, 0.15) is 24.0 Å². The Kier molecular flexibility index (Phi) is 3.08. The Hall–Kier alpha value is -1.35. The van der Waals surface area contributed by atoms with Crippen LogP contribution in [-0.4, -0.2) is 35.1 Å². The third-order valence-corrected chi connectivity index (χ3v) is 4.35. The lowest BCUT2D eigenvalue weighted by Crippen LogP contribution is -2.45. The summed E-state index contributed by atoms with van der Waals surface area (Å²) in [6, 6.07) is 9.11. The molecular weight excluding hydrogens is 226 g/mol. The highest BCUT2D eigenvalue weighted by Crippen LogP contribution is 2.28. The quantitative estimate of drug-likeness (QED) is 0.865. The van der Waals surface area contributed by atoms with Crippen molar-refractivity contribution in [3.8, 4) is 0 Å². The maximum absolute atomic E-state index is 11.1. The summed E-state index contributed by atoms with van der Waals surface area (Å²) < 4.78 is 0. The van der Waals surface area contributed by atoms with Gasteiger partial charge in [0, 0.05) is 12.6 Å². The summed E-state index contributed by atoms with van der Waals surface area (Å²) in [6.07, 6.45) is 4.03. The van der Waals surface area contributed by atoms with Gasteiger partial charge in [-0.2, -0.15) is 0 Å². The molecule has 1 fully saturated rings. The molecule has 96 valence electrons. The first-order chi connectivity index (χ1) is 8.74. The number of hydrogen-bond acceptors (Lipinski definition) is 2. The van der Waals surface area contributed by atoms with Crippen LogP contribution in [-0.2, 0) is 17.6 Å². The number of likely N-dealkylation sites (tertiary alicyclic amines) is 1. The van der Waals surface area contributed by atoms with E-state index in [0.717, 1.165) is 38.8 Å². The van der Waals surface area contributed by atoms with Gasteiger partial charge in [-0.05, 0) is 43.4 Å². The molecule has 0 spiro atoms. The van der Waals surface area contributed by atoms with Gasteiger partial charge in [-0.1, -0.05) is 24.3 Å². The third kappa shape index (κ3) is 2.15. The fourth-order valence-corrected chi connectivity index (χ4v) is 3.33. The Labute approximate surface area is 107 Å². The molecule has 0 saturated carbocycles. The molecule has 3 rings (SSSR count). The highest BCUT2D eigenvalue weighted by molar-refractivity contribution is 5.70. The zero-order valence-electron chi connectivity index (χ0n) is 10.5. The lowest BCUT2D eigenvalue weighted by atomic mass is 9.96. The Morgan fingerprint density at radius 3 is 2.50 bits per heavy atom. The van der Waals surface area contributed by atoms with E-state index >= 15 is 0 Å². The Morgan fingerprint density at radius 2 is 1.89 bits per heavy atom. The van der Waals surface area contributed by atoms with Crippen LogP contribution in [0.5, 0.6) is 0 Å². The number of benzene rings is 1. The van der Waals surface area contributed by atoms with E-state index in [-0.39, 0.29) is 5.92 Å². The topological polar surface area (TPSA) is 40.5 Å². The van der Waals surface area contributed by atoms with Crippen molar-refractivity contribution >= 4 is 5.97 Å². The van der Waals surface area contributed by atoms with E-state index in [2.05, 4.69) is 29.2 Å². The number of carbonyl (C=O) groups is 1. The summed E-state index contributed by atoms with van der Waals surface area (Å²) in [5.41, 5.74) is 2.89. The van der Waals surface area contributed by atoms with Crippen molar-refractivity contribution in [1.29, 1.82) is 0 Å². The molecule has 0 aromatic heterocycles. The molecule has 3 nitrogen and oxygen atoms in total. The predicted octanol–water partition coefficient (Wildman–Crippen LogP) is 1.95. The van der Waals surface area contributed by atoms with Gasteiger partial charge in [0.25, 0.3) is 0 Å². The fourth-order valence-electron chi connectivity index (χ4n) is 3.33. The van der Waals surface area contributed by atoms with Crippen LogP contribution in [0.2, 0.25) is 0 Å². The molecule has 1 aromatic rings. The molecule has 1 aromatic carbocycles. The molecule has 1 N–H and O–H groups in total. The van der Waals surface area contributed by atoms with Crippen LogP contribution >= 0.6 is 0 Å². The van der Waals surface area contributed by atoms with Gasteiger partial charge in [-0.15, -0.1) is 0 Å². The Bertz CT molecular complexity index is 433. The minimum atomic E-state index is -0.629. The van der Waals surface area contributed by atoms with E-state index in [1.54, 1.807) is 0 Å². The van der Waals surface area contributed by atoms with Crippen molar-refractivity contribution in [3.05, 3.63) is 35.4 Å². The minimum Gasteiger partial charge on any atom is -0.481 e. The van der Waals surface area contributed by atoms with Gasteiger partial charge in [0.15, 0.2) is 0 Å². The molecule has 1 aliphatic carbocycles. The number of fused-ring (bicyclic) bond motifs is 1. The maximum Gasteiger partial charge on any atom is 0.307 e. The van der Waals surface area contributed by atoms with Crippen molar-refractivity contribution in [2.45, 2.75) is 31.7 Å². The molecule has 18 heavy (non-hydrogen) atoms. The molecule has 3 heteroatoms. The number of hydrogen-bond donors (Lipinski definition) is 1. The van der Waals surface area contributed by atoms with E-state index in [1.165, 1.54) is 11.1 Å². The van der Waals surface area contributed by atoms with E-state index in [1.807, 2.05) is 0 Å². The number of piperidine rings is 1. The molecule has 0 bridgehead atoms. The molecule has 1 aliphatic heterocycles. The molecular formula is C15H19NO2. The minimum absolute atomic E-state index is 0.164. The third-order valence-electron chi connectivity index (χ3n) is 4.35. The standard InChI is InChI=1S/C15H19NO2/c17-15(18)13-6-3-7-16(10-13)14-8-11-4-1-2-5-12(11)9-14/h1-2,4-5,13-14H,3,6-10H2,(H,17,18)/t13-/m1/s1. The summed E-state index contributed by atoms with van der Waals surface area (Å²) >= 11 is 0. The molecule has 1 atom stereocenters. The van der Waals surface area contributed by atoms with E-state index in [9.17, 15) is 4.79 Å². The van der Waals surface area contributed by atoms with Crippen LogP contribution < -0.4 is 0 Å². The van der Waals surface area contributed by atoms with Crippen molar-refractivity contribution in [2.75, 3.05) is 13.1 Å². The van der Waals surface area contributed by atoms with Gasteiger partial charge < -0.3 is 5.11 Å². The Balaban J connectivity index is 1.69. The van der Waals surface area contributed by atoms with Crippen molar-refractivity contribution in [1.82, 2.24) is 4.90 Å². The van der Waals surface area contributed by atoms with Gasteiger partial charge in [-0.3, -0.25) is 9.69 Å². The van der Waals surface area contributed by atoms with Crippen LogP contribution in [0.4, 0.5) is 0 Å². The van der Waals surface area contributed by atoms with E-state index < -0.39 is 5.97 Å². The molecule has 0 radical (unpaired) electrons. The number of aliphatic carboxylic acids is 1. The van der Waals surface area contributed by atoms with E-state index in [0.29, 0.717) is 6.04 Å². The first kappa shape index (κ1) is 11.7. The monoisotopic (exact) mass is 245 g/mol. The van der Waals surface area contributed by atoms with Crippen molar-refractivity contribution in [2.24, 2.45) is 5.92 Å². The van der Waals surface area contributed by atoms with Gasteiger partial charge >= 0.3 is 5.97 Å². The van der Waals surface area contributed by atoms with Crippen molar-refractivity contribution < 1.29 is 9.90 Å². The van der Waals surface area contributed by atoms with Crippen LogP contribution in [0.25, 0.3) is 0 Å². The van der Waals surface area contributed by atoms with Gasteiger partial charge in [0.05, 0.1) is 5.92 Å². The maximum atomic E-state index is 11.1. The molecule has 0 unspecified atom stereocenters. The molecule has 1 heterocycles. The second-order valence-electron chi connectivity index (χ2n) is 5.50. The summed E-state index contributed by atoms with van der Waals surface area (Å²) in [7, 11) is 0. The average molecular weight is 245 g/mol. The number of nitrogens with zero attached hydrogens (tertiary/aromatic N) is 1. The smallest absolute Gasteiger partial charge is 0.307 e.